The van der Waals surface area contributed by atoms with Crippen LogP contribution in [0.5, 0.6) is 0 Å². The lowest BCUT2D eigenvalue weighted by Crippen LogP contribution is -2.24. The van der Waals surface area contributed by atoms with Gasteiger partial charge in [0.05, 0.1) is 24.5 Å². The van der Waals surface area contributed by atoms with Gasteiger partial charge >= 0.3 is 0 Å². The van der Waals surface area contributed by atoms with Crippen molar-refractivity contribution in [2.24, 2.45) is 5.92 Å². The molecule has 2 aliphatic rings. The van der Waals surface area contributed by atoms with Crippen molar-refractivity contribution >= 4 is 11.6 Å². The average molecular weight is 291 g/mol. The second kappa shape index (κ2) is 7.07. The highest BCUT2D eigenvalue weighted by Crippen LogP contribution is 2.27. The molecule has 116 valence electrons. The highest BCUT2D eigenvalue weighted by molar-refractivity contribution is 5.90. The van der Waals surface area contributed by atoms with Gasteiger partial charge in [0.1, 0.15) is 0 Å². The average Bonchev–Trinajstić information content (AvgIpc) is 3.12. The van der Waals surface area contributed by atoms with Crippen LogP contribution in [0.15, 0.2) is 12.4 Å². The summed E-state index contributed by atoms with van der Waals surface area (Å²) < 4.78 is 7.59. The lowest BCUT2D eigenvalue weighted by molar-refractivity contribution is -0.117. The molecule has 1 aliphatic carbocycles. The summed E-state index contributed by atoms with van der Waals surface area (Å²) in [5.74, 6) is 0.700. The van der Waals surface area contributed by atoms with Crippen molar-refractivity contribution in [3.05, 3.63) is 12.4 Å². The number of hydrogen-bond acceptors (Lipinski definition) is 3. The Hall–Kier alpha value is -1.36. The van der Waals surface area contributed by atoms with Gasteiger partial charge in [-0.25, -0.2) is 0 Å². The van der Waals surface area contributed by atoms with Gasteiger partial charge in [-0.3, -0.25) is 9.48 Å². The number of aromatic nitrogens is 2. The first-order chi connectivity index (χ1) is 10.3. The third kappa shape index (κ3) is 4.30. The zero-order chi connectivity index (χ0) is 14.5. The molecule has 1 saturated heterocycles. The minimum absolute atomic E-state index is 0.121. The van der Waals surface area contributed by atoms with Gasteiger partial charge in [-0.05, 0) is 38.0 Å². The Labute approximate surface area is 126 Å². The summed E-state index contributed by atoms with van der Waals surface area (Å²) in [5, 5.41) is 7.28. The number of hydrogen-bond donors (Lipinski definition) is 1. The molecule has 0 aromatic carbocycles. The van der Waals surface area contributed by atoms with Gasteiger partial charge in [0.25, 0.3) is 0 Å². The van der Waals surface area contributed by atoms with E-state index in [2.05, 4.69) is 10.4 Å². The number of amides is 1. The molecule has 1 aromatic rings. The molecule has 0 bridgehead atoms. The third-order valence-electron chi connectivity index (χ3n) is 4.53. The Bertz CT molecular complexity index is 460. The zero-order valence-corrected chi connectivity index (χ0v) is 12.6. The molecule has 2 heterocycles. The van der Waals surface area contributed by atoms with Gasteiger partial charge in [-0.15, -0.1) is 0 Å². The molecule has 1 saturated carbocycles. The minimum Gasteiger partial charge on any atom is -0.376 e. The smallest absolute Gasteiger partial charge is 0.224 e. The van der Waals surface area contributed by atoms with E-state index in [1.165, 1.54) is 32.1 Å². The Balaban J connectivity index is 1.46. The molecule has 21 heavy (non-hydrogen) atoms. The van der Waals surface area contributed by atoms with Crippen LogP contribution in [-0.4, -0.2) is 28.4 Å². The normalized spacial score (nSPS) is 23.3. The van der Waals surface area contributed by atoms with Crippen molar-refractivity contribution in [2.45, 2.75) is 64.0 Å². The Morgan fingerprint density at radius 3 is 2.86 bits per heavy atom. The molecule has 1 N–H and O–H groups in total. The molecule has 1 atom stereocenters. The molecule has 5 heteroatoms. The molecule has 2 fully saturated rings. The summed E-state index contributed by atoms with van der Waals surface area (Å²) >= 11 is 0. The van der Waals surface area contributed by atoms with Crippen LogP contribution in [0.4, 0.5) is 5.69 Å². The van der Waals surface area contributed by atoms with E-state index >= 15 is 0 Å². The Morgan fingerprint density at radius 2 is 2.10 bits per heavy atom. The van der Waals surface area contributed by atoms with Crippen molar-refractivity contribution < 1.29 is 9.53 Å². The van der Waals surface area contributed by atoms with Crippen LogP contribution in [0.3, 0.4) is 0 Å². The van der Waals surface area contributed by atoms with Gasteiger partial charge in [0.15, 0.2) is 0 Å². The fourth-order valence-corrected chi connectivity index (χ4v) is 3.38. The second-order valence-electron chi connectivity index (χ2n) is 6.34. The molecule has 1 amide bonds. The van der Waals surface area contributed by atoms with Gasteiger partial charge in [0, 0.05) is 19.2 Å². The maximum Gasteiger partial charge on any atom is 0.224 e. The molecule has 3 rings (SSSR count). The van der Waals surface area contributed by atoms with E-state index in [1.54, 1.807) is 6.20 Å². The maximum atomic E-state index is 12.0. The highest BCUT2D eigenvalue weighted by atomic mass is 16.5. The summed E-state index contributed by atoms with van der Waals surface area (Å²) in [6, 6.07) is 0. The summed E-state index contributed by atoms with van der Waals surface area (Å²) in [4.78, 5) is 12.0. The van der Waals surface area contributed by atoms with E-state index in [4.69, 9.17) is 4.74 Å². The van der Waals surface area contributed by atoms with Crippen molar-refractivity contribution in [1.82, 2.24) is 9.78 Å². The van der Waals surface area contributed by atoms with Gasteiger partial charge in [-0.1, -0.05) is 12.8 Å². The zero-order valence-electron chi connectivity index (χ0n) is 12.6. The van der Waals surface area contributed by atoms with E-state index in [1.807, 2.05) is 10.9 Å². The monoisotopic (exact) mass is 291 g/mol. The van der Waals surface area contributed by atoms with Crippen LogP contribution in [0, 0.1) is 5.92 Å². The topological polar surface area (TPSA) is 56.2 Å². The Kier molecular flexibility index (Phi) is 4.91. The molecule has 1 unspecified atom stereocenters. The fraction of sp³-hybridized carbons (Fsp3) is 0.750. The number of ether oxygens (including phenoxy) is 1. The molecule has 1 aromatic heterocycles. The molecule has 5 nitrogen and oxygen atoms in total. The quantitative estimate of drug-likeness (QED) is 0.907. The predicted octanol–water partition coefficient (Wildman–Crippen LogP) is 2.97. The fourth-order valence-electron chi connectivity index (χ4n) is 3.38. The van der Waals surface area contributed by atoms with Crippen molar-refractivity contribution in [3.8, 4) is 0 Å². The van der Waals surface area contributed by atoms with Crippen molar-refractivity contribution in [2.75, 3.05) is 11.9 Å². The molecular weight excluding hydrogens is 266 g/mol. The molecule has 0 spiro atoms. The first-order valence-corrected chi connectivity index (χ1v) is 8.23. The Morgan fingerprint density at radius 1 is 1.29 bits per heavy atom. The molecular formula is C16H25N3O2. The maximum absolute atomic E-state index is 12.0. The van der Waals surface area contributed by atoms with Crippen LogP contribution in [0.2, 0.25) is 0 Å². The predicted molar refractivity (Wildman–Crippen MR) is 81.0 cm³/mol. The number of anilines is 1. The summed E-state index contributed by atoms with van der Waals surface area (Å²) in [6.07, 6.45) is 13.0. The van der Waals surface area contributed by atoms with Gasteiger partial charge in [-0.2, -0.15) is 5.10 Å². The largest absolute Gasteiger partial charge is 0.376 e. The van der Waals surface area contributed by atoms with E-state index in [-0.39, 0.29) is 12.0 Å². The van der Waals surface area contributed by atoms with Gasteiger partial charge < -0.3 is 10.1 Å². The third-order valence-corrected chi connectivity index (χ3v) is 4.53. The van der Waals surface area contributed by atoms with Crippen molar-refractivity contribution in [1.29, 1.82) is 0 Å². The van der Waals surface area contributed by atoms with Crippen LogP contribution in [0.1, 0.15) is 51.4 Å². The second-order valence-corrected chi connectivity index (χ2v) is 6.34. The highest BCUT2D eigenvalue weighted by Gasteiger charge is 2.19. The first kappa shape index (κ1) is 14.6. The van der Waals surface area contributed by atoms with E-state index in [9.17, 15) is 4.79 Å². The lowest BCUT2D eigenvalue weighted by atomic mass is 10.0. The summed E-state index contributed by atoms with van der Waals surface area (Å²) in [5.41, 5.74) is 0.800. The van der Waals surface area contributed by atoms with Crippen LogP contribution >= 0.6 is 0 Å². The summed E-state index contributed by atoms with van der Waals surface area (Å²) in [7, 11) is 0. The lowest BCUT2D eigenvalue weighted by Gasteiger charge is -2.22. The van der Waals surface area contributed by atoms with Crippen LogP contribution in [0.25, 0.3) is 0 Å². The first-order valence-electron chi connectivity index (χ1n) is 8.23. The SMILES string of the molecule is O=C(CC1CCCC1)Nc1cnn(CC2CCCCO2)c1. The molecule has 0 radical (unpaired) electrons. The number of nitrogens with zero attached hydrogens (tertiary/aromatic N) is 2. The number of carbonyl (C=O) groups excluding carboxylic acids is 1. The van der Waals surface area contributed by atoms with Crippen LogP contribution in [-0.2, 0) is 16.1 Å². The minimum atomic E-state index is 0.121. The summed E-state index contributed by atoms with van der Waals surface area (Å²) in [6.45, 7) is 1.63. The van der Waals surface area contributed by atoms with E-state index in [0.29, 0.717) is 12.3 Å². The van der Waals surface area contributed by atoms with Crippen molar-refractivity contribution in [3.63, 3.8) is 0 Å². The van der Waals surface area contributed by atoms with Crippen LogP contribution < -0.4 is 5.32 Å². The van der Waals surface area contributed by atoms with E-state index in [0.717, 1.165) is 31.7 Å². The van der Waals surface area contributed by atoms with Gasteiger partial charge in [0.2, 0.25) is 5.91 Å². The number of nitrogens with one attached hydrogen (secondary N) is 1. The molecule has 1 aliphatic heterocycles. The standard InChI is InChI=1S/C16H25N3O2/c20-16(9-13-5-1-2-6-13)18-14-10-17-19(11-14)12-15-7-3-4-8-21-15/h10-11,13,15H,1-9,12H2,(H,18,20). The number of carbonyl (C=O) groups is 1. The number of rotatable bonds is 5. The van der Waals surface area contributed by atoms with E-state index < -0.39 is 0 Å².